The second-order valence-electron chi connectivity index (χ2n) is 6.46. The molecular formula is C15H30N2. The van der Waals surface area contributed by atoms with Gasteiger partial charge in [0.1, 0.15) is 0 Å². The maximum Gasteiger partial charge on any atom is 0.0110 e. The normalized spacial score (nSPS) is 41.1. The maximum absolute atomic E-state index is 3.68. The first-order valence-corrected chi connectivity index (χ1v) is 7.66. The number of nitrogens with one attached hydrogen (secondary N) is 1. The van der Waals surface area contributed by atoms with Crippen LogP contribution in [0.4, 0.5) is 0 Å². The second-order valence-corrected chi connectivity index (χ2v) is 6.46. The topological polar surface area (TPSA) is 15.3 Å². The summed E-state index contributed by atoms with van der Waals surface area (Å²) in [6.07, 6.45) is 6.93. The Morgan fingerprint density at radius 2 is 1.76 bits per heavy atom. The Labute approximate surface area is 107 Å². The molecule has 2 aliphatic rings. The lowest BCUT2D eigenvalue weighted by atomic mass is 9.80. The fourth-order valence-electron chi connectivity index (χ4n) is 3.86. The summed E-state index contributed by atoms with van der Waals surface area (Å²) in [6, 6.07) is 1.63. The second kappa shape index (κ2) is 6.19. The van der Waals surface area contributed by atoms with Gasteiger partial charge in [0.2, 0.25) is 0 Å². The van der Waals surface area contributed by atoms with Crippen LogP contribution in [0, 0.1) is 11.8 Å². The number of hydrogen-bond donors (Lipinski definition) is 1. The average molecular weight is 238 g/mol. The molecule has 0 bridgehead atoms. The monoisotopic (exact) mass is 238 g/mol. The molecule has 17 heavy (non-hydrogen) atoms. The van der Waals surface area contributed by atoms with E-state index >= 15 is 0 Å². The van der Waals surface area contributed by atoms with Crippen molar-refractivity contribution in [2.45, 2.75) is 65.0 Å². The molecule has 2 heteroatoms. The molecule has 1 saturated heterocycles. The summed E-state index contributed by atoms with van der Waals surface area (Å²) in [5.74, 6) is 1.86. The first-order valence-electron chi connectivity index (χ1n) is 7.66. The minimum absolute atomic E-state index is 0.762. The van der Waals surface area contributed by atoms with Crippen molar-refractivity contribution in [3.05, 3.63) is 0 Å². The summed E-state index contributed by atoms with van der Waals surface area (Å²) < 4.78 is 0. The molecule has 0 aromatic heterocycles. The van der Waals surface area contributed by atoms with Gasteiger partial charge < -0.3 is 5.32 Å². The molecule has 100 valence electrons. The third-order valence-corrected chi connectivity index (χ3v) is 4.76. The van der Waals surface area contributed by atoms with E-state index in [0.29, 0.717) is 0 Å². The van der Waals surface area contributed by atoms with Crippen LogP contribution in [0.5, 0.6) is 0 Å². The van der Waals surface area contributed by atoms with Crippen LogP contribution < -0.4 is 5.32 Å². The summed E-state index contributed by atoms with van der Waals surface area (Å²) in [6.45, 7) is 11.0. The molecule has 1 aliphatic heterocycles. The van der Waals surface area contributed by atoms with Crippen molar-refractivity contribution in [1.29, 1.82) is 0 Å². The van der Waals surface area contributed by atoms with E-state index in [9.17, 15) is 0 Å². The Hall–Kier alpha value is -0.0800. The highest BCUT2D eigenvalue weighted by atomic mass is 15.2. The predicted molar refractivity (Wildman–Crippen MR) is 74.2 cm³/mol. The van der Waals surface area contributed by atoms with E-state index in [2.05, 4.69) is 31.0 Å². The highest BCUT2D eigenvalue weighted by molar-refractivity contribution is 4.84. The lowest BCUT2D eigenvalue weighted by Crippen LogP contribution is -2.42. The van der Waals surface area contributed by atoms with E-state index in [0.717, 1.165) is 23.9 Å². The van der Waals surface area contributed by atoms with Gasteiger partial charge in [0.15, 0.2) is 0 Å². The predicted octanol–water partition coefficient (Wildman–Crippen LogP) is 2.89. The molecule has 0 aromatic rings. The van der Waals surface area contributed by atoms with Crippen LogP contribution in [0.1, 0.15) is 52.9 Å². The molecule has 1 N–H and O–H groups in total. The smallest absolute Gasteiger partial charge is 0.0110 e. The Balaban J connectivity index is 1.88. The van der Waals surface area contributed by atoms with Crippen molar-refractivity contribution in [3.63, 3.8) is 0 Å². The zero-order valence-electron chi connectivity index (χ0n) is 11.9. The number of nitrogens with zero attached hydrogens (tertiary/aromatic N) is 1. The largest absolute Gasteiger partial charge is 0.313 e. The molecule has 2 nitrogen and oxygen atoms in total. The molecule has 2 rings (SSSR count). The average Bonchev–Trinajstić information content (AvgIpc) is 2.52. The van der Waals surface area contributed by atoms with Crippen LogP contribution >= 0.6 is 0 Å². The molecule has 1 heterocycles. The Morgan fingerprint density at radius 1 is 1.06 bits per heavy atom. The molecule has 3 unspecified atom stereocenters. The van der Waals surface area contributed by atoms with Crippen molar-refractivity contribution in [3.8, 4) is 0 Å². The highest BCUT2D eigenvalue weighted by Crippen LogP contribution is 2.31. The lowest BCUT2D eigenvalue weighted by Gasteiger charge is -2.38. The molecule has 0 radical (unpaired) electrons. The van der Waals surface area contributed by atoms with E-state index in [1.54, 1.807) is 0 Å². The SMILES string of the molecule is CCC1CCN(C2CC(C)CC(C)C2)CCN1. The Bertz CT molecular complexity index is 219. The van der Waals surface area contributed by atoms with Crippen LogP contribution in [0.2, 0.25) is 0 Å². The highest BCUT2D eigenvalue weighted by Gasteiger charge is 2.29. The van der Waals surface area contributed by atoms with E-state index < -0.39 is 0 Å². The Kier molecular flexibility index (Phi) is 4.87. The van der Waals surface area contributed by atoms with Crippen LogP contribution in [-0.2, 0) is 0 Å². The van der Waals surface area contributed by atoms with Gasteiger partial charge in [0.05, 0.1) is 0 Å². The van der Waals surface area contributed by atoms with Crippen molar-refractivity contribution in [2.24, 2.45) is 11.8 Å². The number of hydrogen-bond acceptors (Lipinski definition) is 2. The third-order valence-electron chi connectivity index (χ3n) is 4.76. The van der Waals surface area contributed by atoms with Gasteiger partial charge in [-0.3, -0.25) is 4.90 Å². The van der Waals surface area contributed by atoms with Gasteiger partial charge in [-0.2, -0.15) is 0 Å². The van der Waals surface area contributed by atoms with E-state index in [-0.39, 0.29) is 0 Å². The van der Waals surface area contributed by atoms with Gasteiger partial charge in [-0.25, -0.2) is 0 Å². The fraction of sp³-hybridized carbons (Fsp3) is 1.00. The molecule has 1 saturated carbocycles. The van der Waals surface area contributed by atoms with Crippen molar-refractivity contribution < 1.29 is 0 Å². The summed E-state index contributed by atoms with van der Waals surface area (Å²) >= 11 is 0. The summed E-state index contributed by atoms with van der Waals surface area (Å²) in [7, 11) is 0. The van der Waals surface area contributed by atoms with Gasteiger partial charge in [-0.05, 0) is 50.5 Å². The summed E-state index contributed by atoms with van der Waals surface area (Å²) in [5, 5.41) is 3.68. The molecule has 1 aliphatic carbocycles. The Morgan fingerprint density at radius 3 is 2.41 bits per heavy atom. The van der Waals surface area contributed by atoms with E-state index in [1.165, 1.54) is 51.7 Å². The van der Waals surface area contributed by atoms with Crippen LogP contribution in [0.15, 0.2) is 0 Å². The fourth-order valence-corrected chi connectivity index (χ4v) is 3.86. The molecule has 2 fully saturated rings. The van der Waals surface area contributed by atoms with E-state index in [4.69, 9.17) is 0 Å². The molecular weight excluding hydrogens is 208 g/mol. The molecule has 0 amide bonds. The van der Waals surface area contributed by atoms with Crippen molar-refractivity contribution in [1.82, 2.24) is 10.2 Å². The number of rotatable bonds is 2. The minimum Gasteiger partial charge on any atom is -0.313 e. The van der Waals surface area contributed by atoms with Gasteiger partial charge >= 0.3 is 0 Å². The minimum atomic E-state index is 0.762. The van der Waals surface area contributed by atoms with Crippen LogP contribution in [-0.4, -0.2) is 36.6 Å². The maximum atomic E-state index is 3.68. The van der Waals surface area contributed by atoms with Crippen molar-refractivity contribution >= 4 is 0 Å². The zero-order chi connectivity index (χ0) is 12.3. The molecule has 3 atom stereocenters. The van der Waals surface area contributed by atoms with E-state index in [1.807, 2.05) is 0 Å². The zero-order valence-corrected chi connectivity index (χ0v) is 11.9. The van der Waals surface area contributed by atoms with Gasteiger partial charge in [0, 0.05) is 25.2 Å². The van der Waals surface area contributed by atoms with Gasteiger partial charge in [-0.1, -0.05) is 20.8 Å². The van der Waals surface area contributed by atoms with Crippen LogP contribution in [0.3, 0.4) is 0 Å². The lowest BCUT2D eigenvalue weighted by molar-refractivity contribution is 0.115. The quantitative estimate of drug-likeness (QED) is 0.796. The van der Waals surface area contributed by atoms with Gasteiger partial charge in [0.25, 0.3) is 0 Å². The standard InChI is InChI=1S/C15H30N2/c1-4-14-5-7-17(8-6-16-14)15-10-12(2)9-13(3)11-15/h12-16H,4-11H2,1-3H3. The third kappa shape index (κ3) is 3.69. The van der Waals surface area contributed by atoms with Crippen molar-refractivity contribution in [2.75, 3.05) is 19.6 Å². The summed E-state index contributed by atoms with van der Waals surface area (Å²) in [5.41, 5.74) is 0. The first kappa shape index (κ1) is 13.4. The van der Waals surface area contributed by atoms with Crippen LogP contribution in [0.25, 0.3) is 0 Å². The molecule has 0 aromatic carbocycles. The first-order chi connectivity index (χ1) is 8.19. The molecule has 0 spiro atoms. The summed E-state index contributed by atoms with van der Waals surface area (Å²) in [4.78, 5) is 2.77. The van der Waals surface area contributed by atoms with Gasteiger partial charge in [-0.15, -0.1) is 0 Å².